The van der Waals surface area contributed by atoms with Crippen LogP contribution >= 0.6 is 22.9 Å². The smallest absolute Gasteiger partial charge is 0.260 e. The molecule has 3 rings (SSSR count). The Morgan fingerprint density at radius 3 is 2.85 bits per heavy atom. The second-order valence-corrected chi connectivity index (χ2v) is 7.30. The Balaban J connectivity index is 1.56. The second kappa shape index (κ2) is 8.37. The molecule has 0 aliphatic rings. The Bertz CT molecular complexity index is 967. The van der Waals surface area contributed by atoms with Crippen molar-refractivity contribution in [2.75, 3.05) is 5.32 Å². The van der Waals surface area contributed by atoms with Gasteiger partial charge in [0.05, 0.1) is 30.0 Å². The fourth-order valence-electron chi connectivity index (χ4n) is 2.55. The van der Waals surface area contributed by atoms with Gasteiger partial charge in [-0.1, -0.05) is 23.7 Å². The summed E-state index contributed by atoms with van der Waals surface area (Å²) in [5.74, 6) is 0.0937. The second-order valence-electron chi connectivity index (χ2n) is 6.01. The Morgan fingerprint density at radius 2 is 2.15 bits per heavy atom. The lowest BCUT2D eigenvalue weighted by Crippen LogP contribution is -2.28. The topological polar surface area (TPSA) is 84.2 Å². The molecule has 1 atom stereocenters. The van der Waals surface area contributed by atoms with Crippen LogP contribution in [0.25, 0.3) is 0 Å². The predicted molar refractivity (Wildman–Crippen MR) is 105 cm³/mol. The number of carbonyl (C=O) groups is 2. The molecule has 2 amide bonds. The number of aryl methyl sites for hydroxylation is 1. The average molecular weight is 404 g/mol. The van der Waals surface area contributed by atoms with E-state index in [1.165, 1.54) is 17.6 Å². The lowest BCUT2D eigenvalue weighted by molar-refractivity contribution is -0.121. The summed E-state index contributed by atoms with van der Waals surface area (Å²) in [6.45, 7) is 3.61. The Kier molecular flexibility index (Phi) is 5.93. The van der Waals surface area contributed by atoms with Gasteiger partial charge in [-0.25, -0.2) is 4.98 Å². The number of aromatic nitrogens is 1. The number of benzene rings is 1. The van der Waals surface area contributed by atoms with Gasteiger partial charge in [-0.15, -0.1) is 11.3 Å². The van der Waals surface area contributed by atoms with Crippen molar-refractivity contribution >= 4 is 39.9 Å². The molecule has 0 saturated heterocycles. The molecule has 0 fully saturated rings. The molecular weight excluding hydrogens is 386 g/mol. The largest absolute Gasteiger partial charge is 0.469 e. The highest BCUT2D eigenvalue weighted by molar-refractivity contribution is 7.14. The molecule has 0 spiro atoms. The fourth-order valence-corrected chi connectivity index (χ4v) is 3.45. The number of furan rings is 1. The van der Waals surface area contributed by atoms with Crippen molar-refractivity contribution in [1.82, 2.24) is 10.3 Å². The first kappa shape index (κ1) is 19.1. The van der Waals surface area contributed by atoms with Gasteiger partial charge in [0.15, 0.2) is 5.13 Å². The van der Waals surface area contributed by atoms with E-state index in [-0.39, 0.29) is 24.3 Å². The van der Waals surface area contributed by atoms with Crippen LogP contribution in [0.1, 0.15) is 40.3 Å². The highest BCUT2D eigenvalue weighted by atomic mass is 35.5. The third kappa shape index (κ3) is 4.96. The van der Waals surface area contributed by atoms with E-state index in [9.17, 15) is 9.59 Å². The summed E-state index contributed by atoms with van der Waals surface area (Å²) in [7, 11) is 0. The summed E-state index contributed by atoms with van der Waals surface area (Å²) >= 11 is 7.25. The summed E-state index contributed by atoms with van der Waals surface area (Å²) in [5.41, 5.74) is 1.98. The number of halogens is 1. The zero-order valence-corrected chi connectivity index (χ0v) is 16.4. The minimum absolute atomic E-state index is 0.127. The summed E-state index contributed by atoms with van der Waals surface area (Å²) < 4.78 is 5.12. The van der Waals surface area contributed by atoms with Crippen LogP contribution in [0.2, 0.25) is 5.02 Å². The minimum atomic E-state index is -0.291. The van der Waals surface area contributed by atoms with Gasteiger partial charge in [0.1, 0.15) is 5.76 Å². The lowest BCUT2D eigenvalue weighted by Gasteiger charge is -2.14. The Hall–Kier alpha value is -2.64. The summed E-state index contributed by atoms with van der Waals surface area (Å²) in [6, 6.07) is 8.79. The maximum atomic E-state index is 12.3. The molecule has 0 radical (unpaired) electrons. The number of thiazole rings is 1. The van der Waals surface area contributed by atoms with Gasteiger partial charge in [-0.05, 0) is 37.6 Å². The molecular formula is C19H18ClN3O3S. The van der Waals surface area contributed by atoms with Gasteiger partial charge >= 0.3 is 0 Å². The van der Waals surface area contributed by atoms with E-state index in [0.29, 0.717) is 27.2 Å². The Labute approximate surface area is 165 Å². The molecule has 0 saturated carbocycles. The van der Waals surface area contributed by atoms with Crippen LogP contribution in [-0.2, 0) is 11.2 Å². The normalized spacial score (nSPS) is 11.8. The molecule has 3 aromatic rings. The van der Waals surface area contributed by atoms with Crippen LogP contribution in [0, 0.1) is 6.92 Å². The van der Waals surface area contributed by atoms with Gasteiger partial charge in [0.25, 0.3) is 5.91 Å². The number of anilines is 1. The standard InChI is InChI=1S/C19H18ClN3O3S/c1-11(13-4-3-5-14(20)8-13)21-17(24)9-15-10-27-19(22-15)23-18(25)16-6-7-26-12(16)2/h3-8,10-11H,9H2,1-2H3,(H,21,24)(H,22,23,25)/t11-/m0/s1. The molecule has 0 unspecified atom stereocenters. The monoisotopic (exact) mass is 403 g/mol. The molecule has 0 aliphatic carbocycles. The molecule has 8 heteroatoms. The number of amides is 2. The quantitative estimate of drug-likeness (QED) is 0.640. The van der Waals surface area contributed by atoms with Crippen molar-refractivity contribution in [1.29, 1.82) is 0 Å². The van der Waals surface area contributed by atoms with E-state index in [0.717, 1.165) is 5.56 Å². The van der Waals surface area contributed by atoms with Gasteiger partial charge in [0, 0.05) is 10.4 Å². The molecule has 27 heavy (non-hydrogen) atoms. The summed E-state index contributed by atoms with van der Waals surface area (Å²) in [4.78, 5) is 28.7. The predicted octanol–water partition coefficient (Wildman–Crippen LogP) is 4.37. The molecule has 0 bridgehead atoms. The zero-order valence-electron chi connectivity index (χ0n) is 14.8. The summed E-state index contributed by atoms with van der Waals surface area (Å²) in [5, 5.41) is 8.45. The van der Waals surface area contributed by atoms with Crippen molar-refractivity contribution in [2.45, 2.75) is 26.3 Å². The third-order valence-corrected chi connectivity index (χ3v) is 4.99. The van der Waals surface area contributed by atoms with Gasteiger partial charge in [-0.3, -0.25) is 14.9 Å². The highest BCUT2D eigenvalue weighted by Crippen LogP contribution is 2.20. The first-order valence-corrected chi connectivity index (χ1v) is 9.53. The van der Waals surface area contributed by atoms with Crippen molar-refractivity contribution in [3.8, 4) is 0 Å². The molecule has 2 heterocycles. The van der Waals surface area contributed by atoms with E-state index >= 15 is 0 Å². The molecule has 2 N–H and O–H groups in total. The maximum absolute atomic E-state index is 12.3. The van der Waals surface area contributed by atoms with E-state index in [2.05, 4.69) is 15.6 Å². The SMILES string of the molecule is Cc1occc1C(=O)Nc1nc(CC(=O)N[C@@H](C)c2cccc(Cl)c2)cs1. The number of rotatable bonds is 6. The Morgan fingerprint density at radius 1 is 1.33 bits per heavy atom. The lowest BCUT2D eigenvalue weighted by atomic mass is 10.1. The maximum Gasteiger partial charge on any atom is 0.260 e. The van der Waals surface area contributed by atoms with Crippen LogP contribution in [0.4, 0.5) is 5.13 Å². The van der Waals surface area contributed by atoms with Gasteiger partial charge in [-0.2, -0.15) is 0 Å². The summed E-state index contributed by atoms with van der Waals surface area (Å²) in [6.07, 6.45) is 1.59. The number of hydrogen-bond donors (Lipinski definition) is 2. The van der Waals surface area contributed by atoms with Crippen molar-refractivity contribution < 1.29 is 14.0 Å². The van der Waals surface area contributed by atoms with Crippen molar-refractivity contribution in [2.24, 2.45) is 0 Å². The molecule has 0 aliphatic heterocycles. The van der Waals surface area contributed by atoms with Crippen LogP contribution < -0.4 is 10.6 Å². The first-order chi connectivity index (χ1) is 12.9. The molecule has 140 valence electrons. The fraction of sp³-hybridized carbons (Fsp3) is 0.211. The average Bonchev–Trinajstić information content (AvgIpc) is 3.23. The van der Waals surface area contributed by atoms with Crippen molar-refractivity contribution in [3.63, 3.8) is 0 Å². The number of nitrogens with zero attached hydrogens (tertiary/aromatic N) is 1. The van der Waals surface area contributed by atoms with E-state index in [1.807, 2.05) is 25.1 Å². The molecule has 1 aromatic carbocycles. The number of carbonyl (C=O) groups excluding carboxylic acids is 2. The van der Waals surface area contributed by atoms with Crippen LogP contribution in [0.15, 0.2) is 46.4 Å². The van der Waals surface area contributed by atoms with Crippen LogP contribution in [-0.4, -0.2) is 16.8 Å². The number of hydrogen-bond acceptors (Lipinski definition) is 5. The zero-order chi connectivity index (χ0) is 19.4. The first-order valence-electron chi connectivity index (χ1n) is 8.27. The van der Waals surface area contributed by atoms with Gasteiger partial charge in [0.2, 0.25) is 5.91 Å². The molecule has 2 aromatic heterocycles. The van der Waals surface area contributed by atoms with E-state index < -0.39 is 0 Å². The third-order valence-electron chi connectivity index (χ3n) is 3.94. The number of nitrogens with one attached hydrogen (secondary N) is 2. The minimum Gasteiger partial charge on any atom is -0.469 e. The van der Waals surface area contributed by atoms with Crippen molar-refractivity contribution in [3.05, 3.63) is 69.6 Å². The molecule has 6 nitrogen and oxygen atoms in total. The van der Waals surface area contributed by atoms with Crippen LogP contribution in [0.3, 0.4) is 0 Å². The van der Waals surface area contributed by atoms with Gasteiger partial charge < -0.3 is 9.73 Å². The van der Waals surface area contributed by atoms with Crippen LogP contribution in [0.5, 0.6) is 0 Å². The van der Waals surface area contributed by atoms with E-state index in [4.69, 9.17) is 16.0 Å². The highest BCUT2D eigenvalue weighted by Gasteiger charge is 2.15. The van der Waals surface area contributed by atoms with E-state index in [1.54, 1.807) is 24.4 Å².